The SMILES string of the molecule is COC(C(C)=O)c1ccc(Br)c(F)c1. The molecule has 4 heteroatoms. The lowest BCUT2D eigenvalue weighted by Gasteiger charge is -2.12. The molecule has 1 rings (SSSR count). The zero-order valence-corrected chi connectivity index (χ0v) is 9.47. The minimum Gasteiger partial charge on any atom is -0.369 e. The van der Waals surface area contributed by atoms with Crippen molar-refractivity contribution in [3.63, 3.8) is 0 Å². The third-order valence-corrected chi connectivity index (χ3v) is 2.49. The van der Waals surface area contributed by atoms with E-state index in [0.717, 1.165) is 0 Å². The summed E-state index contributed by atoms with van der Waals surface area (Å²) in [5.74, 6) is -0.542. The van der Waals surface area contributed by atoms with Crippen LogP contribution in [0.2, 0.25) is 0 Å². The van der Waals surface area contributed by atoms with Crippen LogP contribution in [-0.4, -0.2) is 12.9 Å². The quantitative estimate of drug-likeness (QED) is 0.836. The van der Waals surface area contributed by atoms with Gasteiger partial charge in [-0.15, -0.1) is 0 Å². The molecule has 0 heterocycles. The van der Waals surface area contributed by atoms with Gasteiger partial charge in [0.2, 0.25) is 0 Å². The summed E-state index contributed by atoms with van der Waals surface area (Å²) in [7, 11) is 1.42. The maximum absolute atomic E-state index is 13.1. The maximum Gasteiger partial charge on any atom is 0.163 e. The third kappa shape index (κ3) is 2.39. The fraction of sp³-hybridized carbons (Fsp3) is 0.300. The molecule has 0 aliphatic carbocycles. The Morgan fingerprint density at radius 2 is 2.21 bits per heavy atom. The number of ketones is 1. The Morgan fingerprint density at radius 1 is 1.57 bits per heavy atom. The number of ether oxygens (including phenoxy) is 1. The van der Waals surface area contributed by atoms with Gasteiger partial charge in [0.05, 0.1) is 4.47 Å². The fourth-order valence-corrected chi connectivity index (χ4v) is 1.46. The predicted molar refractivity (Wildman–Crippen MR) is 54.5 cm³/mol. The molecular formula is C10H10BrFO2. The van der Waals surface area contributed by atoms with Gasteiger partial charge in [0.1, 0.15) is 11.9 Å². The Hall–Kier alpha value is -0.740. The Balaban J connectivity index is 3.06. The van der Waals surface area contributed by atoms with Gasteiger partial charge in [0, 0.05) is 7.11 Å². The molecular weight excluding hydrogens is 251 g/mol. The van der Waals surface area contributed by atoms with E-state index in [1.165, 1.54) is 20.1 Å². The van der Waals surface area contributed by atoms with Crippen LogP contribution in [0.25, 0.3) is 0 Å². The molecule has 0 radical (unpaired) electrons. The van der Waals surface area contributed by atoms with Gasteiger partial charge in [0.15, 0.2) is 5.78 Å². The van der Waals surface area contributed by atoms with Crippen molar-refractivity contribution in [3.05, 3.63) is 34.1 Å². The summed E-state index contributed by atoms with van der Waals surface area (Å²) in [6.45, 7) is 1.41. The summed E-state index contributed by atoms with van der Waals surface area (Å²) in [5, 5.41) is 0. The highest BCUT2D eigenvalue weighted by Crippen LogP contribution is 2.23. The number of halogens is 2. The summed E-state index contributed by atoms with van der Waals surface area (Å²) >= 11 is 3.04. The van der Waals surface area contributed by atoms with E-state index in [0.29, 0.717) is 10.0 Å². The van der Waals surface area contributed by atoms with Gasteiger partial charge in [-0.25, -0.2) is 4.39 Å². The van der Waals surface area contributed by atoms with E-state index in [4.69, 9.17) is 4.74 Å². The molecule has 0 aromatic heterocycles. The molecule has 14 heavy (non-hydrogen) atoms. The highest BCUT2D eigenvalue weighted by atomic mass is 79.9. The number of rotatable bonds is 3. The van der Waals surface area contributed by atoms with Gasteiger partial charge >= 0.3 is 0 Å². The van der Waals surface area contributed by atoms with E-state index >= 15 is 0 Å². The molecule has 1 unspecified atom stereocenters. The maximum atomic E-state index is 13.1. The molecule has 76 valence electrons. The Bertz CT molecular complexity index is 352. The Morgan fingerprint density at radius 3 is 2.64 bits per heavy atom. The average Bonchev–Trinajstić information content (AvgIpc) is 2.11. The van der Waals surface area contributed by atoms with Gasteiger partial charge in [-0.1, -0.05) is 6.07 Å². The second-order valence-electron chi connectivity index (χ2n) is 2.90. The van der Waals surface area contributed by atoms with Crippen molar-refractivity contribution in [1.29, 1.82) is 0 Å². The number of carbonyl (C=O) groups is 1. The molecule has 0 aliphatic heterocycles. The normalized spacial score (nSPS) is 12.6. The summed E-state index contributed by atoms with van der Waals surface area (Å²) in [4.78, 5) is 11.1. The molecule has 0 fully saturated rings. The lowest BCUT2D eigenvalue weighted by atomic mass is 10.1. The van der Waals surface area contributed by atoms with Crippen molar-refractivity contribution in [2.24, 2.45) is 0 Å². The van der Waals surface area contributed by atoms with Crippen LogP contribution in [0.15, 0.2) is 22.7 Å². The van der Waals surface area contributed by atoms with Gasteiger partial charge in [0.25, 0.3) is 0 Å². The highest BCUT2D eigenvalue weighted by molar-refractivity contribution is 9.10. The molecule has 0 saturated carbocycles. The number of methoxy groups -OCH3 is 1. The highest BCUT2D eigenvalue weighted by Gasteiger charge is 2.16. The zero-order chi connectivity index (χ0) is 10.7. The third-order valence-electron chi connectivity index (χ3n) is 1.85. The van der Waals surface area contributed by atoms with Crippen LogP contribution in [0.1, 0.15) is 18.6 Å². The minimum atomic E-state index is -0.683. The largest absolute Gasteiger partial charge is 0.369 e. The van der Waals surface area contributed by atoms with Crippen molar-refractivity contribution >= 4 is 21.7 Å². The summed E-state index contributed by atoms with van der Waals surface area (Å²) < 4.78 is 18.5. The molecule has 0 bridgehead atoms. The first-order valence-electron chi connectivity index (χ1n) is 4.04. The Kier molecular flexibility index (Phi) is 3.77. The van der Waals surface area contributed by atoms with E-state index in [1.807, 2.05) is 0 Å². The predicted octanol–water partition coefficient (Wildman–Crippen LogP) is 2.86. The smallest absolute Gasteiger partial charge is 0.163 e. The van der Waals surface area contributed by atoms with Crippen molar-refractivity contribution in [3.8, 4) is 0 Å². The average molecular weight is 261 g/mol. The molecule has 1 atom stereocenters. The molecule has 0 spiro atoms. The molecule has 0 aliphatic rings. The van der Waals surface area contributed by atoms with Crippen LogP contribution in [0, 0.1) is 5.82 Å². The second-order valence-corrected chi connectivity index (χ2v) is 3.75. The molecule has 0 saturated heterocycles. The van der Waals surface area contributed by atoms with Crippen LogP contribution < -0.4 is 0 Å². The number of hydrogen-bond acceptors (Lipinski definition) is 2. The van der Waals surface area contributed by atoms with Gasteiger partial charge in [-0.3, -0.25) is 4.79 Å². The van der Waals surface area contributed by atoms with E-state index in [9.17, 15) is 9.18 Å². The van der Waals surface area contributed by atoms with Crippen molar-refractivity contribution in [2.45, 2.75) is 13.0 Å². The number of Topliss-reactive ketones (excluding diaryl/α,β-unsaturated/α-hetero) is 1. The van der Waals surface area contributed by atoms with Crippen molar-refractivity contribution < 1.29 is 13.9 Å². The lowest BCUT2D eigenvalue weighted by Crippen LogP contribution is -2.11. The minimum absolute atomic E-state index is 0.144. The van der Waals surface area contributed by atoms with Crippen LogP contribution >= 0.6 is 15.9 Å². The van der Waals surface area contributed by atoms with Crippen LogP contribution in [0.5, 0.6) is 0 Å². The Labute approximate surface area is 90.2 Å². The van der Waals surface area contributed by atoms with Gasteiger partial charge in [-0.05, 0) is 40.5 Å². The van der Waals surface area contributed by atoms with Crippen LogP contribution in [0.4, 0.5) is 4.39 Å². The van der Waals surface area contributed by atoms with E-state index in [-0.39, 0.29) is 5.78 Å². The van der Waals surface area contributed by atoms with E-state index in [1.54, 1.807) is 12.1 Å². The van der Waals surface area contributed by atoms with Gasteiger partial charge in [-0.2, -0.15) is 0 Å². The number of carbonyl (C=O) groups excluding carboxylic acids is 1. The zero-order valence-electron chi connectivity index (χ0n) is 7.88. The van der Waals surface area contributed by atoms with Crippen molar-refractivity contribution in [1.82, 2.24) is 0 Å². The van der Waals surface area contributed by atoms with Crippen LogP contribution in [0.3, 0.4) is 0 Å². The topological polar surface area (TPSA) is 26.3 Å². The monoisotopic (exact) mass is 260 g/mol. The molecule has 0 N–H and O–H groups in total. The number of benzene rings is 1. The molecule has 1 aromatic carbocycles. The molecule has 2 nitrogen and oxygen atoms in total. The summed E-state index contributed by atoms with van der Waals surface area (Å²) in [6.07, 6.45) is -0.683. The second kappa shape index (κ2) is 4.66. The first kappa shape index (κ1) is 11.3. The van der Waals surface area contributed by atoms with E-state index in [2.05, 4.69) is 15.9 Å². The fourth-order valence-electron chi connectivity index (χ4n) is 1.21. The lowest BCUT2D eigenvalue weighted by molar-refractivity contribution is -0.126. The first-order valence-corrected chi connectivity index (χ1v) is 4.83. The number of hydrogen-bond donors (Lipinski definition) is 0. The molecule has 1 aromatic rings. The standard InChI is InChI=1S/C10H10BrFO2/c1-6(13)10(14-2)7-3-4-8(11)9(12)5-7/h3-5,10H,1-2H3. The summed E-state index contributed by atoms with van der Waals surface area (Å²) in [5.41, 5.74) is 0.528. The van der Waals surface area contributed by atoms with Gasteiger partial charge < -0.3 is 4.74 Å². The first-order chi connectivity index (χ1) is 6.56. The summed E-state index contributed by atoms with van der Waals surface area (Å²) in [6, 6.07) is 4.50. The molecule has 0 amide bonds. The van der Waals surface area contributed by atoms with Crippen LogP contribution in [-0.2, 0) is 9.53 Å². The van der Waals surface area contributed by atoms with Crippen molar-refractivity contribution in [2.75, 3.05) is 7.11 Å². The van der Waals surface area contributed by atoms with E-state index < -0.39 is 11.9 Å².